The van der Waals surface area contributed by atoms with Gasteiger partial charge in [-0.05, 0) is 0 Å². The zero-order chi connectivity index (χ0) is 9.35. The van der Waals surface area contributed by atoms with Gasteiger partial charge in [0, 0.05) is 28.3 Å². The second-order valence-electron chi connectivity index (χ2n) is 2.82. The molecule has 0 bridgehead atoms. The van der Waals surface area contributed by atoms with E-state index >= 15 is 0 Å². The first kappa shape index (κ1) is 9.28. The first-order valence-electron chi connectivity index (χ1n) is 3.66. The van der Waals surface area contributed by atoms with Gasteiger partial charge in [-0.25, -0.2) is 4.79 Å². The van der Waals surface area contributed by atoms with Crippen LogP contribution in [0.3, 0.4) is 0 Å². The van der Waals surface area contributed by atoms with Gasteiger partial charge in [-0.3, -0.25) is 4.90 Å². The van der Waals surface area contributed by atoms with Crippen molar-refractivity contribution in [1.29, 1.82) is 0 Å². The summed E-state index contributed by atoms with van der Waals surface area (Å²) < 4.78 is 10.3. The van der Waals surface area contributed by atoms with Crippen LogP contribution in [0.15, 0.2) is 0 Å². The predicted octanol–water partition coefficient (Wildman–Crippen LogP) is -0.0698. The summed E-state index contributed by atoms with van der Waals surface area (Å²) in [5.74, 6) is -0.911. The van der Waals surface area contributed by atoms with Crippen molar-refractivity contribution in [3.05, 3.63) is 0 Å². The molecule has 1 saturated heterocycles. The Hall–Kier alpha value is -0.810. The molecule has 0 spiro atoms. The maximum Gasteiger partial charge on any atom is 0.323 e. The van der Waals surface area contributed by atoms with Crippen LogP contribution < -0.4 is 0 Å². The van der Waals surface area contributed by atoms with E-state index in [9.17, 15) is 4.79 Å². The third kappa shape index (κ3) is 1.05. The summed E-state index contributed by atoms with van der Waals surface area (Å²) in [6.07, 6.45) is 0. The monoisotopic (exact) mass is 174 g/mol. The fourth-order valence-corrected chi connectivity index (χ4v) is 1.36. The number of nitrogens with zero attached hydrogens (tertiary/aromatic N) is 2. The molecule has 1 heterocycles. The first-order chi connectivity index (χ1) is 5.57. The van der Waals surface area contributed by atoms with Crippen molar-refractivity contribution in [3.63, 3.8) is 0 Å². The quantitative estimate of drug-likeness (QED) is 0.550. The highest BCUT2D eigenvalue weighted by Gasteiger charge is 2.47. The largest absolute Gasteiger partial charge is 0.335 e. The van der Waals surface area contributed by atoms with Gasteiger partial charge in [0.1, 0.15) is 0 Å². The lowest BCUT2D eigenvalue weighted by Gasteiger charge is -2.30. The summed E-state index contributed by atoms with van der Waals surface area (Å²) in [5.41, 5.74) is 0. The van der Waals surface area contributed by atoms with E-state index in [1.54, 1.807) is 19.0 Å². The molecule has 0 unspecified atom stereocenters. The van der Waals surface area contributed by atoms with Gasteiger partial charge in [0.25, 0.3) is 5.91 Å². The van der Waals surface area contributed by atoms with E-state index in [-0.39, 0.29) is 6.03 Å². The molecule has 2 amide bonds. The van der Waals surface area contributed by atoms with Crippen LogP contribution in [0.1, 0.15) is 0 Å². The number of carbonyl (C=O) groups excluding carboxylic acids is 1. The highest BCUT2D eigenvalue weighted by molar-refractivity contribution is 5.76. The molecule has 0 aliphatic carbocycles. The number of hydrogen-bond acceptors (Lipinski definition) is 3. The van der Waals surface area contributed by atoms with Crippen LogP contribution in [0, 0.1) is 0 Å². The van der Waals surface area contributed by atoms with Gasteiger partial charge in [0.2, 0.25) is 0 Å². The molecule has 0 atom stereocenters. The van der Waals surface area contributed by atoms with Crippen LogP contribution in [0.2, 0.25) is 0 Å². The second kappa shape index (κ2) is 2.91. The summed E-state index contributed by atoms with van der Waals surface area (Å²) in [5, 5.41) is 0. The van der Waals surface area contributed by atoms with Crippen LogP contribution in [-0.4, -0.2) is 56.6 Å². The number of amides is 2. The second-order valence-corrected chi connectivity index (χ2v) is 2.82. The van der Waals surface area contributed by atoms with E-state index in [0.29, 0.717) is 6.54 Å². The summed E-state index contributed by atoms with van der Waals surface area (Å²) in [7, 11) is 6.40. The Labute approximate surface area is 71.8 Å². The Bertz CT molecular complexity index is 191. The SMILES string of the molecule is COC1(OC)CN(C)C(=O)N1C. The highest BCUT2D eigenvalue weighted by Crippen LogP contribution is 2.24. The zero-order valence-electron chi connectivity index (χ0n) is 7.83. The van der Waals surface area contributed by atoms with Gasteiger partial charge in [-0.2, -0.15) is 0 Å². The molecule has 1 rings (SSSR count). The van der Waals surface area contributed by atoms with Crippen molar-refractivity contribution in [2.24, 2.45) is 0 Å². The Morgan fingerprint density at radius 3 is 2.00 bits per heavy atom. The van der Waals surface area contributed by atoms with Crippen LogP contribution in [0.25, 0.3) is 0 Å². The number of methoxy groups -OCH3 is 2. The minimum absolute atomic E-state index is 0.0984. The molecule has 12 heavy (non-hydrogen) atoms. The van der Waals surface area contributed by atoms with Gasteiger partial charge in [-0.1, -0.05) is 0 Å². The summed E-state index contributed by atoms with van der Waals surface area (Å²) in [6.45, 7) is 0.426. The van der Waals surface area contributed by atoms with E-state index in [0.717, 1.165) is 0 Å². The number of hydrogen-bond donors (Lipinski definition) is 0. The molecule has 70 valence electrons. The maximum absolute atomic E-state index is 11.3. The summed E-state index contributed by atoms with van der Waals surface area (Å²) in [4.78, 5) is 14.3. The highest BCUT2D eigenvalue weighted by atomic mass is 16.7. The maximum atomic E-state index is 11.3. The number of urea groups is 1. The Morgan fingerprint density at radius 1 is 1.33 bits per heavy atom. The van der Waals surface area contributed by atoms with E-state index in [1.165, 1.54) is 19.1 Å². The van der Waals surface area contributed by atoms with Crippen molar-refractivity contribution < 1.29 is 14.3 Å². The third-order valence-corrected chi connectivity index (χ3v) is 2.20. The van der Waals surface area contributed by atoms with Crippen LogP contribution in [0.4, 0.5) is 4.79 Å². The number of carbonyl (C=O) groups is 1. The lowest BCUT2D eigenvalue weighted by atomic mass is 10.4. The molecule has 0 aromatic heterocycles. The summed E-state index contributed by atoms with van der Waals surface area (Å²) in [6, 6.07) is -0.0984. The van der Waals surface area contributed by atoms with Gasteiger partial charge >= 0.3 is 6.03 Å². The van der Waals surface area contributed by atoms with E-state index in [4.69, 9.17) is 9.47 Å². The van der Waals surface area contributed by atoms with Crippen LogP contribution >= 0.6 is 0 Å². The van der Waals surface area contributed by atoms with Gasteiger partial charge in [-0.15, -0.1) is 0 Å². The lowest BCUT2D eigenvalue weighted by molar-refractivity contribution is -0.257. The molecule has 1 aliphatic heterocycles. The predicted molar refractivity (Wildman–Crippen MR) is 42.5 cm³/mol. The Balaban J connectivity index is 2.86. The number of likely N-dealkylation sites (N-methyl/N-ethyl adjacent to an activating group) is 2. The topological polar surface area (TPSA) is 42.0 Å². The van der Waals surface area contributed by atoms with Crippen molar-refractivity contribution in [3.8, 4) is 0 Å². The molecular formula is C7H14N2O3. The molecule has 0 aromatic rings. The van der Waals surface area contributed by atoms with Crippen molar-refractivity contribution in [2.75, 3.05) is 34.9 Å². The fraction of sp³-hybridized carbons (Fsp3) is 0.857. The molecule has 5 heteroatoms. The van der Waals surface area contributed by atoms with E-state index in [2.05, 4.69) is 0 Å². The van der Waals surface area contributed by atoms with Crippen molar-refractivity contribution in [2.45, 2.75) is 5.91 Å². The fourth-order valence-electron chi connectivity index (χ4n) is 1.36. The normalized spacial score (nSPS) is 22.2. The van der Waals surface area contributed by atoms with Crippen molar-refractivity contribution >= 4 is 6.03 Å². The Morgan fingerprint density at radius 2 is 1.83 bits per heavy atom. The molecule has 0 saturated carbocycles. The van der Waals surface area contributed by atoms with E-state index in [1.807, 2.05) is 0 Å². The van der Waals surface area contributed by atoms with Gasteiger partial charge < -0.3 is 14.4 Å². The zero-order valence-corrected chi connectivity index (χ0v) is 7.83. The lowest BCUT2D eigenvalue weighted by Crippen LogP contribution is -2.48. The minimum atomic E-state index is -0.911. The molecule has 1 fully saturated rings. The van der Waals surface area contributed by atoms with Crippen molar-refractivity contribution in [1.82, 2.24) is 9.80 Å². The molecular weight excluding hydrogens is 160 g/mol. The first-order valence-corrected chi connectivity index (χ1v) is 3.66. The van der Waals surface area contributed by atoms with Gasteiger partial charge in [0.15, 0.2) is 0 Å². The standard InChI is InChI=1S/C7H14N2O3/c1-8-5-7(11-3,12-4)9(2)6(8)10/h5H2,1-4H3. The smallest absolute Gasteiger partial charge is 0.323 e. The van der Waals surface area contributed by atoms with Gasteiger partial charge in [0.05, 0.1) is 6.54 Å². The number of rotatable bonds is 2. The third-order valence-electron chi connectivity index (χ3n) is 2.20. The Kier molecular flexibility index (Phi) is 2.25. The van der Waals surface area contributed by atoms with Crippen LogP contribution in [0.5, 0.6) is 0 Å². The molecule has 0 N–H and O–H groups in total. The molecule has 0 aromatic carbocycles. The minimum Gasteiger partial charge on any atom is -0.335 e. The summed E-state index contributed by atoms with van der Waals surface area (Å²) >= 11 is 0. The number of ether oxygens (including phenoxy) is 2. The average Bonchev–Trinajstić information content (AvgIpc) is 2.30. The molecule has 5 nitrogen and oxygen atoms in total. The molecule has 1 aliphatic rings. The van der Waals surface area contributed by atoms with Crippen LogP contribution in [-0.2, 0) is 9.47 Å². The van der Waals surface area contributed by atoms with E-state index < -0.39 is 5.91 Å². The molecule has 0 radical (unpaired) electrons. The average molecular weight is 174 g/mol.